The molecule has 1 aliphatic heterocycles. The van der Waals surface area contributed by atoms with Gasteiger partial charge < -0.3 is 4.90 Å². The summed E-state index contributed by atoms with van der Waals surface area (Å²) in [6.45, 7) is 9.54. The van der Waals surface area contributed by atoms with Crippen molar-refractivity contribution in [3.63, 3.8) is 0 Å². The summed E-state index contributed by atoms with van der Waals surface area (Å²) in [4.78, 5) is 12.9. The van der Waals surface area contributed by atoms with Crippen LogP contribution in [-0.4, -0.2) is 17.9 Å². The first-order chi connectivity index (χ1) is 6.70. The van der Waals surface area contributed by atoms with Crippen LogP contribution in [0.4, 0.5) is 0 Å². The van der Waals surface area contributed by atoms with Crippen molar-refractivity contribution in [1.82, 2.24) is 4.90 Å². The number of likely N-dealkylation sites (N-methyl/N-ethyl adjacent to an activating group) is 1. The average molecular weight is 193 g/mol. The van der Waals surface area contributed by atoms with Gasteiger partial charge in [-0.2, -0.15) is 0 Å². The van der Waals surface area contributed by atoms with E-state index < -0.39 is 0 Å². The van der Waals surface area contributed by atoms with Crippen LogP contribution in [0, 0.1) is 0 Å². The quantitative estimate of drug-likeness (QED) is 0.627. The molecule has 1 saturated heterocycles. The maximum absolute atomic E-state index is 11.2. The molecule has 0 bridgehead atoms. The second kappa shape index (κ2) is 6.19. The van der Waals surface area contributed by atoms with Crippen molar-refractivity contribution in [3.8, 4) is 0 Å². The lowest BCUT2D eigenvalue weighted by Gasteiger charge is -2.09. The Morgan fingerprint density at radius 3 is 2.43 bits per heavy atom. The molecule has 1 amide bonds. The van der Waals surface area contributed by atoms with Gasteiger partial charge in [0.15, 0.2) is 0 Å². The van der Waals surface area contributed by atoms with E-state index in [1.54, 1.807) is 18.0 Å². The van der Waals surface area contributed by atoms with Crippen molar-refractivity contribution in [1.29, 1.82) is 0 Å². The van der Waals surface area contributed by atoms with E-state index in [4.69, 9.17) is 0 Å². The SMILES string of the molecule is C=C/C=C1/CC(=O)N(C)/C1=C/C.CC. The molecule has 0 spiro atoms. The number of allylic oxidation sites excluding steroid dienone is 4. The topological polar surface area (TPSA) is 20.3 Å². The van der Waals surface area contributed by atoms with E-state index in [9.17, 15) is 4.79 Å². The molecule has 1 fully saturated rings. The van der Waals surface area contributed by atoms with Crippen molar-refractivity contribution in [2.75, 3.05) is 7.05 Å². The van der Waals surface area contributed by atoms with Crippen LogP contribution >= 0.6 is 0 Å². The summed E-state index contributed by atoms with van der Waals surface area (Å²) < 4.78 is 0. The molecule has 14 heavy (non-hydrogen) atoms. The van der Waals surface area contributed by atoms with Gasteiger partial charge in [0.2, 0.25) is 5.91 Å². The van der Waals surface area contributed by atoms with Gasteiger partial charge in [-0.25, -0.2) is 0 Å². The van der Waals surface area contributed by atoms with Gasteiger partial charge in [-0.05, 0) is 12.5 Å². The highest BCUT2D eigenvalue weighted by Crippen LogP contribution is 2.26. The van der Waals surface area contributed by atoms with Gasteiger partial charge >= 0.3 is 0 Å². The van der Waals surface area contributed by atoms with Gasteiger partial charge in [0, 0.05) is 12.7 Å². The average Bonchev–Trinajstić information content (AvgIpc) is 2.46. The first kappa shape index (κ1) is 12.7. The maximum Gasteiger partial charge on any atom is 0.231 e. The van der Waals surface area contributed by atoms with E-state index >= 15 is 0 Å². The lowest BCUT2D eigenvalue weighted by molar-refractivity contribution is -0.125. The zero-order valence-electron chi connectivity index (χ0n) is 9.50. The van der Waals surface area contributed by atoms with Gasteiger partial charge in [0.1, 0.15) is 0 Å². The number of amides is 1. The van der Waals surface area contributed by atoms with E-state index in [0.717, 1.165) is 11.3 Å². The van der Waals surface area contributed by atoms with Gasteiger partial charge in [-0.3, -0.25) is 4.79 Å². The molecule has 0 saturated carbocycles. The Morgan fingerprint density at radius 1 is 1.43 bits per heavy atom. The predicted octanol–water partition coefficient (Wildman–Crippen LogP) is 2.89. The van der Waals surface area contributed by atoms with Crippen LogP contribution in [0.15, 0.2) is 36.1 Å². The van der Waals surface area contributed by atoms with Crippen LogP contribution in [0.5, 0.6) is 0 Å². The Balaban J connectivity index is 0.000000791. The molecule has 1 aliphatic rings. The number of nitrogens with zero attached hydrogens (tertiary/aromatic N) is 1. The summed E-state index contributed by atoms with van der Waals surface area (Å²) >= 11 is 0. The summed E-state index contributed by atoms with van der Waals surface area (Å²) in [5.41, 5.74) is 2.06. The fraction of sp³-hybridized carbons (Fsp3) is 0.417. The summed E-state index contributed by atoms with van der Waals surface area (Å²) in [6.07, 6.45) is 6.05. The Kier molecular flexibility index (Phi) is 5.61. The van der Waals surface area contributed by atoms with Crippen LogP contribution in [-0.2, 0) is 4.79 Å². The third-order valence-corrected chi connectivity index (χ3v) is 2.00. The highest BCUT2D eigenvalue weighted by atomic mass is 16.2. The van der Waals surface area contributed by atoms with Gasteiger partial charge in [0.05, 0.1) is 6.42 Å². The molecule has 0 aromatic rings. The molecule has 0 aromatic heterocycles. The Hall–Kier alpha value is -1.31. The zero-order valence-corrected chi connectivity index (χ0v) is 9.50. The van der Waals surface area contributed by atoms with Crippen molar-refractivity contribution >= 4 is 5.91 Å². The van der Waals surface area contributed by atoms with Gasteiger partial charge in [-0.15, -0.1) is 0 Å². The Labute approximate surface area is 86.6 Å². The summed E-state index contributed by atoms with van der Waals surface area (Å²) in [5.74, 6) is 0.149. The first-order valence-electron chi connectivity index (χ1n) is 4.95. The second-order valence-corrected chi connectivity index (χ2v) is 2.73. The number of hydrogen-bond acceptors (Lipinski definition) is 1. The van der Waals surface area contributed by atoms with Crippen LogP contribution < -0.4 is 0 Å². The number of hydrogen-bond donors (Lipinski definition) is 0. The van der Waals surface area contributed by atoms with Crippen molar-refractivity contribution in [3.05, 3.63) is 36.1 Å². The molecule has 0 atom stereocenters. The van der Waals surface area contributed by atoms with Crippen LogP contribution in [0.25, 0.3) is 0 Å². The monoisotopic (exact) mass is 193 g/mol. The summed E-state index contributed by atoms with van der Waals surface area (Å²) in [7, 11) is 1.79. The summed E-state index contributed by atoms with van der Waals surface area (Å²) in [5, 5.41) is 0. The minimum Gasteiger partial charge on any atom is -0.315 e. The van der Waals surface area contributed by atoms with Crippen LogP contribution in [0.3, 0.4) is 0 Å². The first-order valence-corrected chi connectivity index (χ1v) is 4.95. The molecule has 2 heteroatoms. The third kappa shape index (κ3) is 2.59. The highest BCUT2D eigenvalue weighted by molar-refractivity contribution is 5.86. The number of rotatable bonds is 1. The van der Waals surface area contributed by atoms with E-state index in [2.05, 4.69) is 6.58 Å². The van der Waals surface area contributed by atoms with E-state index in [1.807, 2.05) is 32.9 Å². The number of carbonyl (C=O) groups excluding carboxylic acids is 1. The molecule has 2 nitrogen and oxygen atoms in total. The van der Waals surface area contributed by atoms with Gasteiger partial charge in [0.25, 0.3) is 0 Å². The lowest BCUT2D eigenvalue weighted by Crippen LogP contribution is -2.16. The van der Waals surface area contributed by atoms with Gasteiger partial charge in [-0.1, -0.05) is 38.7 Å². The molecular formula is C12H19NO. The molecule has 1 rings (SSSR count). The van der Waals surface area contributed by atoms with Crippen molar-refractivity contribution in [2.24, 2.45) is 0 Å². The normalized spacial score (nSPS) is 21.1. The lowest BCUT2D eigenvalue weighted by atomic mass is 10.1. The fourth-order valence-electron chi connectivity index (χ4n) is 1.39. The highest BCUT2D eigenvalue weighted by Gasteiger charge is 2.25. The fourth-order valence-corrected chi connectivity index (χ4v) is 1.39. The van der Waals surface area contributed by atoms with E-state index in [1.165, 1.54) is 0 Å². The Morgan fingerprint density at radius 2 is 2.00 bits per heavy atom. The summed E-state index contributed by atoms with van der Waals surface area (Å²) in [6, 6.07) is 0. The molecule has 0 radical (unpaired) electrons. The minimum absolute atomic E-state index is 0.149. The zero-order chi connectivity index (χ0) is 11.1. The third-order valence-electron chi connectivity index (χ3n) is 2.00. The molecule has 0 N–H and O–H groups in total. The standard InChI is InChI=1S/C10H13NO.C2H6/c1-4-6-8-7-10(12)11(3)9(8)5-2;1-2/h4-6H,1,7H2,2-3H3;1-2H3/b8-6-,9-5+;. The maximum atomic E-state index is 11.2. The van der Waals surface area contributed by atoms with Crippen molar-refractivity contribution in [2.45, 2.75) is 27.2 Å². The molecular weight excluding hydrogens is 174 g/mol. The Bertz CT molecular complexity index is 274. The molecule has 78 valence electrons. The van der Waals surface area contributed by atoms with Crippen molar-refractivity contribution < 1.29 is 4.79 Å². The van der Waals surface area contributed by atoms with Crippen LogP contribution in [0.2, 0.25) is 0 Å². The smallest absolute Gasteiger partial charge is 0.231 e. The van der Waals surface area contributed by atoms with E-state index in [-0.39, 0.29) is 5.91 Å². The number of carbonyl (C=O) groups is 1. The predicted molar refractivity (Wildman–Crippen MR) is 60.8 cm³/mol. The molecule has 0 aromatic carbocycles. The molecule has 0 aliphatic carbocycles. The van der Waals surface area contributed by atoms with E-state index in [0.29, 0.717) is 6.42 Å². The largest absolute Gasteiger partial charge is 0.315 e. The molecule has 0 unspecified atom stereocenters. The van der Waals surface area contributed by atoms with Crippen LogP contribution in [0.1, 0.15) is 27.2 Å². The molecule has 1 heterocycles. The number of likely N-dealkylation sites (tertiary alicyclic amines) is 1. The second-order valence-electron chi connectivity index (χ2n) is 2.73. The minimum atomic E-state index is 0.149.